The van der Waals surface area contributed by atoms with Gasteiger partial charge in [0, 0.05) is 37.4 Å². The number of likely N-dealkylation sites (tertiary alicyclic amines) is 2. The molecule has 3 saturated heterocycles. The number of carbonyl (C=O) groups excluding carboxylic acids is 3. The van der Waals surface area contributed by atoms with Gasteiger partial charge in [0.25, 0.3) is 0 Å². The molecule has 336 valence electrons. The Labute approximate surface area is 379 Å². The van der Waals surface area contributed by atoms with Crippen molar-refractivity contribution in [2.24, 2.45) is 5.92 Å². The fourth-order valence-corrected chi connectivity index (χ4v) is 10.1. The van der Waals surface area contributed by atoms with Crippen LogP contribution in [-0.2, 0) is 38.5 Å². The average molecular weight is 876 g/mol. The van der Waals surface area contributed by atoms with E-state index >= 15 is 0 Å². The molecule has 3 aliphatic heterocycles. The van der Waals surface area contributed by atoms with E-state index < -0.39 is 17.7 Å². The molecule has 13 nitrogen and oxygen atoms in total. The van der Waals surface area contributed by atoms with Gasteiger partial charge in [0.2, 0.25) is 5.91 Å². The maximum atomic E-state index is 14.4. The minimum Gasteiger partial charge on any atom is -0.445 e. The summed E-state index contributed by atoms with van der Waals surface area (Å²) >= 11 is 0. The highest BCUT2D eigenvalue weighted by molar-refractivity contribution is 5.91. The molecule has 0 unspecified atom stereocenters. The normalized spacial score (nSPS) is 19.2. The Morgan fingerprint density at radius 3 is 2.26 bits per heavy atom. The number of rotatable bonds is 9. The third-order valence-electron chi connectivity index (χ3n) is 13.4. The molecule has 3 N–H and O–H groups in total. The second-order valence-corrected chi connectivity index (χ2v) is 18.9. The first-order valence-corrected chi connectivity index (χ1v) is 23.2. The zero-order valence-corrected chi connectivity index (χ0v) is 37.4. The molecule has 0 bridgehead atoms. The molecule has 3 atom stereocenters. The predicted molar refractivity (Wildman–Crippen MR) is 248 cm³/mol. The fraction of sp³-hybridized carbons (Fsp3) is 0.404. The molecule has 0 spiro atoms. The van der Waals surface area contributed by atoms with Crippen LogP contribution in [0.5, 0.6) is 0 Å². The van der Waals surface area contributed by atoms with Gasteiger partial charge in [-0.05, 0) is 123 Å². The Balaban J connectivity index is 0.826. The summed E-state index contributed by atoms with van der Waals surface area (Å²) in [5.74, 6) is 1.46. The lowest BCUT2D eigenvalue weighted by Crippen LogP contribution is -2.54. The fourth-order valence-electron chi connectivity index (χ4n) is 10.1. The smallest absolute Gasteiger partial charge is 0.410 e. The monoisotopic (exact) mass is 875 g/mol. The number of amides is 3. The van der Waals surface area contributed by atoms with Gasteiger partial charge in [-0.15, -0.1) is 0 Å². The number of alkyl carbamates (subject to hydrolysis) is 1. The number of H-pyrrole nitrogens is 2. The van der Waals surface area contributed by atoms with Gasteiger partial charge in [0.05, 0.1) is 35.4 Å². The van der Waals surface area contributed by atoms with Crippen molar-refractivity contribution >= 4 is 28.9 Å². The number of hydrogen-bond donors (Lipinski definition) is 3. The third-order valence-corrected chi connectivity index (χ3v) is 13.4. The van der Waals surface area contributed by atoms with Crippen LogP contribution in [0.4, 0.5) is 9.59 Å². The first-order chi connectivity index (χ1) is 31.5. The number of fused-ring (bicyclic) bond motifs is 4. The van der Waals surface area contributed by atoms with Crippen molar-refractivity contribution in [2.75, 3.05) is 26.3 Å². The number of nitrogens with one attached hydrogen (secondary N) is 3. The molecule has 13 heteroatoms. The van der Waals surface area contributed by atoms with E-state index in [-0.39, 0.29) is 36.6 Å². The number of aromatic nitrogens is 4. The highest BCUT2D eigenvalue weighted by Gasteiger charge is 2.41. The molecule has 4 aliphatic rings. The summed E-state index contributed by atoms with van der Waals surface area (Å²) in [5.41, 5.74) is 8.99. The van der Waals surface area contributed by atoms with Crippen molar-refractivity contribution < 1.29 is 28.6 Å². The number of nitrogens with zero attached hydrogens (tertiary/aromatic N) is 4. The Hall–Kier alpha value is -6.47. The van der Waals surface area contributed by atoms with Crippen molar-refractivity contribution in [1.82, 2.24) is 35.1 Å². The molecule has 10 rings (SSSR count). The molecule has 3 amide bonds. The molecular formula is C52H57N7O6. The maximum absolute atomic E-state index is 14.4. The van der Waals surface area contributed by atoms with E-state index in [0.717, 1.165) is 106 Å². The second kappa shape index (κ2) is 17.8. The number of aromatic amines is 2. The summed E-state index contributed by atoms with van der Waals surface area (Å²) in [5, 5.41) is 5.22. The van der Waals surface area contributed by atoms with Gasteiger partial charge in [0.15, 0.2) is 0 Å². The predicted octanol–water partition coefficient (Wildman–Crippen LogP) is 9.84. The summed E-state index contributed by atoms with van der Waals surface area (Å²) in [6.45, 7) is 8.10. The standard InChI is InChI=1S/C52H57N7O6/c1-52(2,3)65-50(61)57-45(33-21-25-63-26-22-33)49(60)58-23-7-12-44(58)48-54-41-20-18-38-28-37(17-19-40(38)46(41)56-48)34-13-14-36-29-39(16-15-35(36)27-34)42-30-53-47(55-42)43-11-8-24-59(43)51(62)64-31-32-9-5-4-6-10-32/h4-6,9-10,13-17,19,27-30,33,43-45H,7-8,11-12,18,20-26,31H2,1-3H3,(H,53,55)(H,54,56)(H,57,61)/t43-,44-,45-/m0/s1. The van der Waals surface area contributed by atoms with Gasteiger partial charge < -0.3 is 34.4 Å². The Morgan fingerprint density at radius 2 is 1.49 bits per heavy atom. The lowest BCUT2D eigenvalue weighted by molar-refractivity contribution is -0.137. The van der Waals surface area contributed by atoms with Gasteiger partial charge in [-0.25, -0.2) is 19.6 Å². The van der Waals surface area contributed by atoms with Crippen LogP contribution in [0.25, 0.3) is 44.4 Å². The van der Waals surface area contributed by atoms with E-state index in [9.17, 15) is 14.4 Å². The van der Waals surface area contributed by atoms with Crippen molar-refractivity contribution in [2.45, 2.75) is 102 Å². The molecule has 0 saturated carbocycles. The van der Waals surface area contributed by atoms with E-state index in [0.29, 0.717) is 39.1 Å². The summed E-state index contributed by atoms with van der Waals surface area (Å²) in [6.07, 6.45) is 7.43. The topological polar surface area (TPSA) is 155 Å². The lowest BCUT2D eigenvalue weighted by Gasteiger charge is -2.34. The molecule has 4 aromatic carbocycles. The van der Waals surface area contributed by atoms with Gasteiger partial charge in [0.1, 0.15) is 29.9 Å². The minimum absolute atomic E-state index is 0.0350. The first-order valence-electron chi connectivity index (χ1n) is 23.2. The van der Waals surface area contributed by atoms with Crippen molar-refractivity contribution in [1.29, 1.82) is 0 Å². The Bertz CT molecular complexity index is 2710. The van der Waals surface area contributed by atoms with Crippen LogP contribution < -0.4 is 5.32 Å². The van der Waals surface area contributed by atoms with Crippen LogP contribution in [0.1, 0.15) is 99.8 Å². The van der Waals surface area contributed by atoms with Crippen molar-refractivity contribution in [3.63, 3.8) is 0 Å². The Kier molecular flexibility index (Phi) is 11.7. The summed E-state index contributed by atoms with van der Waals surface area (Å²) in [6, 6.07) is 28.4. The number of aryl methyl sites for hydroxylation is 2. The summed E-state index contributed by atoms with van der Waals surface area (Å²) in [4.78, 5) is 61.2. The highest BCUT2D eigenvalue weighted by Crippen LogP contribution is 2.40. The number of imidazole rings is 2. The van der Waals surface area contributed by atoms with Crippen LogP contribution >= 0.6 is 0 Å². The zero-order chi connectivity index (χ0) is 44.7. The zero-order valence-electron chi connectivity index (χ0n) is 37.4. The van der Waals surface area contributed by atoms with Gasteiger partial charge in [-0.1, -0.05) is 72.8 Å². The number of carbonyl (C=O) groups is 3. The number of ether oxygens (including phenoxy) is 3. The molecule has 6 aromatic rings. The van der Waals surface area contributed by atoms with Crippen LogP contribution in [0, 0.1) is 5.92 Å². The van der Waals surface area contributed by atoms with Crippen molar-refractivity contribution in [3.8, 4) is 33.6 Å². The van der Waals surface area contributed by atoms with E-state index in [2.05, 4.69) is 69.9 Å². The van der Waals surface area contributed by atoms with E-state index in [1.165, 1.54) is 5.56 Å². The van der Waals surface area contributed by atoms with Crippen LogP contribution in [0.15, 0.2) is 91.1 Å². The van der Waals surface area contributed by atoms with Crippen molar-refractivity contribution in [3.05, 3.63) is 120 Å². The van der Waals surface area contributed by atoms with Crippen LogP contribution in [0.3, 0.4) is 0 Å². The van der Waals surface area contributed by atoms with E-state index in [1.807, 2.05) is 62.2 Å². The Morgan fingerprint density at radius 1 is 0.800 bits per heavy atom. The van der Waals surface area contributed by atoms with Gasteiger partial charge in [-0.3, -0.25) is 9.69 Å². The van der Waals surface area contributed by atoms with Crippen LogP contribution in [0.2, 0.25) is 0 Å². The van der Waals surface area contributed by atoms with Crippen LogP contribution in [-0.4, -0.2) is 85.8 Å². The SMILES string of the molecule is CC(C)(C)OC(=O)N[C@H](C(=O)N1CCC[C@H]1c1nc2c([nH]1)-c1ccc(-c3ccc4cc(-c5cnc([C@@H]6CCCN6C(=O)OCc6ccccc6)[nH]5)ccc4c3)cc1CC2)C1CCOCC1. The molecular weight excluding hydrogens is 819 g/mol. The quantitative estimate of drug-likeness (QED) is 0.130. The van der Waals surface area contributed by atoms with Gasteiger partial charge >= 0.3 is 12.2 Å². The van der Waals surface area contributed by atoms with E-state index in [1.54, 1.807) is 4.90 Å². The molecule has 0 radical (unpaired) electrons. The first kappa shape index (κ1) is 42.5. The van der Waals surface area contributed by atoms with Gasteiger partial charge in [-0.2, -0.15) is 0 Å². The number of hydrogen-bond acceptors (Lipinski definition) is 8. The number of benzene rings is 4. The summed E-state index contributed by atoms with van der Waals surface area (Å²) < 4.78 is 16.9. The molecule has 65 heavy (non-hydrogen) atoms. The molecule has 2 aromatic heterocycles. The maximum Gasteiger partial charge on any atom is 0.410 e. The molecule has 3 fully saturated rings. The molecule has 5 heterocycles. The molecule has 1 aliphatic carbocycles. The largest absolute Gasteiger partial charge is 0.445 e. The minimum atomic E-state index is -0.695. The second-order valence-electron chi connectivity index (χ2n) is 18.9. The summed E-state index contributed by atoms with van der Waals surface area (Å²) in [7, 11) is 0. The third kappa shape index (κ3) is 8.98. The highest BCUT2D eigenvalue weighted by atomic mass is 16.6. The average Bonchev–Trinajstić information content (AvgIpc) is 4.16. The lowest BCUT2D eigenvalue weighted by atomic mass is 9.89. The van der Waals surface area contributed by atoms with E-state index in [4.69, 9.17) is 24.2 Å².